The summed E-state index contributed by atoms with van der Waals surface area (Å²) in [4.78, 5) is 12.6. The summed E-state index contributed by atoms with van der Waals surface area (Å²) >= 11 is 0. The van der Waals surface area contributed by atoms with Gasteiger partial charge >= 0.3 is 0 Å². The summed E-state index contributed by atoms with van der Waals surface area (Å²) in [5, 5.41) is 12.6. The van der Waals surface area contributed by atoms with Gasteiger partial charge in [0.1, 0.15) is 11.8 Å². The number of hydrogen-bond acceptors (Lipinski definition) is 8. The number of nitrogens with zero attached hydrogens (tertiary/aromatic N) is 1. The highest BCUT2D eigenvalue weighted by atomic mass is 16.5. The molecule has 0 aliphatic heterocycles. The second kappa shape index (κ2) is 12.1. The maximum Gasteiger partial charge on any atom is 0.243 e. The predicted octanol–water partition coefficient (Wildman–Crippen LogP) is 3.87. The number of ether oxygens (including phenoxy) is 5. The Bertz CT molecular complexity index is 1090. The Morgan fingerprint density at radius 3 is 2.11 bits per heavy atom. The maximum absolute atomic E-state index is 12.6. The highest BCUT2D eigenvalue weighted by Crippen LogP contribution is 2.40. The molecular formula is C26H33N3O6. The Labute approximate surface area is 206 Å². The molecule has 0 bridgehead atoms. The van der Waals surface area contributed by atoms with Crippen LogP contribution in [0.4, 0.5) is 5.69 Å². The van der Waals surface area contributed by atoms with Crippen molar-refractivity contribution in [1.82, 2.24) is 0 Å². The molecule has 1 unspecified atom stereocenters. The van der Waals surface area contributed by atoms with Crippen LogP contribution in [0.25, 0.3) is 11.6 Å². The molecule has 3 N–H and O–H groups in total. The van der Waals surface area contributed by atoms with E-state index in [4.69, 9.17) is 29.4 Å². The molecule has 9 nitrogen and oxygen atoms in total. The molecular weight excluding hydrogens is 450 g/mol. The largest absolute Gasteiger partial charge is 0.495 e. The van der Waals surface area contributed by atoms with Gasteiger partial charge in [-0.25, -0.2) is 0 Å². The van der Waals surface area contributed by atoms with Crippen LogP contribution in [0.1, 0.15) is 31.9 Å². The van der Waals surface area contributed by atoms with E-state index >= 15 is 0 Å². The quantitative estimate of drug-likeness (QED) is 0.385. The van der Waals surface area contributed by atoms with Crippen LogP contribution in [-0.4, -0.2) is 52.6 Å². The number of methoxy groups -OCH3 is 4. The van der Waals surface area contributed by atoms with Crippen molar-refractivity contribution < 1.29 is 28.5 Å². The van der Waals surface area contributed by atoms with E-state index in [1.807, 2.05) is 20.8 Å². The molecule has 0 spiro atoms. The summed E-state index contributed by atoms with van der Waals surface area (Å²) < 4.78 is 27.1. The first kappa shape index (κ1) is 27.5. The van der Waals surface area contributed by atoms with Crippen LogP contribution in [0.15, 0.2) is 30.3 Å². The summed E-state index contributed by atoms with van der Waals surface area (Å²) in [7, 11) is 6.02. The number of allylic oxidation sites excluding steroid dienone is 1. The number of nitrogens with one attached hydrogen (secondary N) is 1. The minimum Gasteiger partial charge on any atom is -0.495 e. The third-order valence-electron chi connectivity index (χ3n) is 4.92. The van der Waals surface area contributed by atoms with E-state index < -0.39 is 17.6 Å². The van der Waals surface area contributed by atoms with Crippen molar-refractivity contribution in [2.45, 2.75) is 32.4 Å². The number of amides is 1. The molecule has 0 radical (unpaired) electrons. The first-order chi connectivity index (χ1) is 16.6. The van der Waals surface area contributed by atoms with Gasteiger partial charge in [-0.1, -0.05) is 6.07 Å². The monoisotopic (exact) mass is 483 g/mol. The zero-order valence-corrected chi connectivity index (χ0v) is 21.2. The molecule has 0 aliphatic carbocycles. The minimum absolute atomic E-state index is 0.0664. The van der Waals surface area contributed by atoms with Gasteiger partial charge in [0.15, 0.2) is 11.5 Å². The van der Waals surface area contributed by atoms with Crippen molar-refractivity contribution in [3.8, 4) is 29.1 Å². The molecule has 2 aromatic carbocycles. The van der Waals surface area contributed by atoms with Crippen LogP contribution >= 0.6 is 0 Å². The van der Waals surface area contributed by atoms with Crippen molar-refractivity contribution in [3.63, 3.8) is 0 Å². The molecule has 0 saturated heterocycles. The second-order valence-electron chi connectivity index (χ2n) is 8.56. The molecule has 0 fully saturated rings. The number of benzene rings is 2. The number of nitrogens with two attached hydrogens (primary N) is 1. The minimum atomic E-state index is -0.868. The molecule has 9 heteroatoms. The zero-order valence-electron chi connectivity index (χ0n) is 21.2. The lowest BCUT2D eigenvalue weighted by Crippen LogP contribution is -2.41. The van der Waals surface area contributed by atoms with E-state index in [2.05, 4.69) is 11.4 Å². The number of anilines is 1. The van der Waals surface area contributed by atoms with Gasteiger partial charge in [0.25, 0.3) is 0 Å². The molecule has 0 saturated carbocycles. The zero-order chi connectivity index (χ0) is 26.2. The van der Waals surface area contributed by atoms with Crippen molar-refractivity contribution in [3.05, 3.63) is 41.5 Å². The molecule has 2 rings (SSSR count). The van der Waals surface area contributed by atoms with Crippen LogP contribution in [0.5, 0.6) is 23.0 Å². The summed E-state index contributed by atoms with van der Waals surface area (Å²) in [6.07, 6.45) is 1.68. The average molecular weight is 484 g/mol. The first-order valence-corrected chi connectivity index (χ1v) is 10.9. The van der Waals surface area contributed by atoms with Crippen LogP contribution in [0, 0.1) is 11.3 Å². The van der Waals surface area contributed by atoms with Crippen molar-refractivity contribution in [1.29, 1.82) is 5.26 Å². The van der Waals surface area contributed by atoms with Crippen molar-refractivity contribution in [2.75, 3.05) is 40.4 Å². The Balaban J connectivity index is 2.39. The lowest BCUT2D eigenvalue weighted by Gasteiger charge is -2.22. The lowest BCUT2D eigenvalue weighted by atomic mass is 10.0. The lowest BCUT2D eigenvalue weighted by molar-refractivity contribution is -0.120. The molecule has 2 aromatic rings. The molecule has 188 valence electrons. The maximum atomic E-state index is 12.6. The van der Waals surface area contributed by atoms with Crippen LogP contribution < -0.4 is 30.0 Å². The number of carbonyl (C=O) groups is 1. The van der Waals surface area contributed by atoms with Gasteiger partial charge in [-0.3, -0.25) is 4.79 Å². The fraction of sp³-hybridized carbons (Fsp3) is 0.385. The number of carbonyl (C=O) groups excluding carboxylic acids is 1. The van der Waals surface area contributed by atoms with Gasteiger partial charge in [-0.2, -0.15) is 5.26 Å². The molecule has 0 aliphatic rings. The Hall–Kier alpha value is -3.74. The fourth-order valence-electron chi connectivity index (χ4n) is 3.14. The Kier molecular flexibility index (Phi) is 9.51. The molecule has 35 heavy (non-hydrogen) atoms. The number of nitriles is 1. The van der Waals surface area contributed by atoms with Gasteiger partial charge in [-0.05, 0) is 62.2 Å². The van der Waals surface area contributed by atoms with Gasteiger partial charge < -0.3 is 34.7 Å². The Morgan fingerprint density at radius 1 is 1.03 bits per heavy atom. The molecule has 1 amide bonds. The number of hydrogen-bond donors (Lipinski definition) is 2. The Morgan fingerprint density at radius 2 is 1.63 bits per heavy atom. The van der Waals surface area contributed by atoms with Crippen molar-refractivity contribution >= 4 is 23.2 Å². The van der Waals surface area contributed by atoms with E-state index in [9.17, 15) is 10.1 Å². The molecule has 0 aromatic heterocycles. The standard InChI is InChI=1S/C26H33N3O6/c1-26(2,3)35-15-19(28)25(30)29-20-11-16(8-9-21(20)31-4)10-18(14-27)17-12-22(32-5)24(34-7)23(13-17)33-6/h8-13,19H,15,28H2,1-7H3,(H,29,30). The highest BCUT2D eigenvalue weighted by Gasteiger charge is 2.20. The van der Waals surface area contributed by atoms with E-state index in [-0.39, 0.29) is 6.61 Å². The normalized spacial score (nSPS) is 12.4. The summed E-state index contributed by atoms with van der Waals surface area (Å²) in [6, 6.07) is 9.88. The summed E-state index contributed by atoms with van der Waals surface area (Å²) in [6.45, 7) is 5.72. The molecule has 0 heterocycles. The van der Waals surface area contributed by atoms with E-state index in [0.717, 1.165) is 0 Å². The van der Waals surface area contributed by atoms with E-state index in [0.29, 0.717) is 45.4 Å². The summed E-state index contributed by atoms with van der Waals surface area (Å²) in [5.74, 6) is 1.32. The number of rotatable bonds is 10. The topological polar surface area (TPSA) is 125 Å². The smallest absolute Gasteiger partial charge is 0.243 e. The fourth-order valence-corrected chi connectivity index (χ4v) is 3.14. The SMILES string of the molecule is COc1ccc(C=C(C#N)c2cc(OC)c(OC)c(OC)c2)cc1NC(=O)C(N)COC(C)(C)C. The highest BCUT2D eigenvalue weighted by molar-refractivity contribution is 5.97. The predicted molar refractivity (Wildman–Crippen MR) is 135 cm³/mol. The van der Waals surface area contributed by atoms with Crippen LogP contribution in [0.3, 0.4) is 0 Å². The van der Waals surface area contributed by atoms with E-state index in [1.165, 1.54) is 28.4 Å². The van der Waals surface area contributed by atoms with Gasteiger partial charge in [0.05, 0.1) is 58.0 Å². The third-order valence-corrected chi connectivity index (χ3v) is 4.92. The second-order valence-corrected chi connectivity index (χ2v) is 8.56. The van der Waals surface area contributed by atoms with Gasteiger partial charge in [0.2, 0.25) is 11.7 Å². The first-order valence-electron chi connectivity index (χ1n) is 10.9. The van der Waals surface area contributed by atoms with Gasteiger partial charge in [0, 0.05) is 0 Å². The van der Waals surface area contributed by atoms with Gasteiger partial charge in [-0.15, -0.1) is 0 Å². The average Bonchev–Trinajstić information content (AvgIpc) is 2.84. The van der Waals surface area contributed by atoms with Crippen LogP contribution in [0.2, 0.25) is 0 Å². The third kappa shape index (κ3) is 7.37. The van der Waals surface area contributed by atoms with Crippen LogP contribution in [-0.2, 0) is 9.53 Å². The molecule has 1 atom stereocenters. The van der Waals surface area contributed by atoms with E-state index in [1.54, 1.807) is 36.4 Å². The van der Waals surface area contributed by atoms with Crippen molar-refractivity contribution in [2.24, 2.45) is 5.73 Å². The summed E-state index contributed by atoms with van der Waals surface area (Å²) in [5.41, 5.74) is 7.57.